The molecule has 0 aliphatic carbocycles. The van der Waals surface area contributed by atoms with E-state index in [0.29, 0.717) is 41.0 Å². The normalized spacial score (nSPS) is 12.0. The topological polar surface area (TPSA) is 180 Å². The average molecular weight is 638 g/mol. The highest BCUT2D eigenvalue weighted by atomic mass is 32.2. The molecule has 0 aliphatic heterocycles. The number of sulfonamides is 2. The maximum atomic E-state index is 12.6. The first kappa shape index (κ1) is 31.9. The molecule has 4 aromatic rings. The molecule has 0 aliphatic rings. The van der Waals surface area contributed by atoms with Crippen LogP contribution in [0.1, 0.15) is 34.3 Å². The molecule has 0 fully saturated rings. The molecule has 15 heteroatoms. The third kappa shape index (κ3) is 10.1. The first-order valence-electron chi connectivity index (χ1n) is 13.2. The average Bonchev–Trinajstić information content (AvgIpc) is 3.34. The van der Waals surface area contributed by atoms with Crippen LogP contribution in [0.3, 0.4) is 0 Å². The van der Waals surface area contributed by atoms with Gasteiger partial charge < -0.3 is 4.57 Å². The van der Waals surface area contributed by atoms with E-state index >= 15 is 0 Å². The molecule has 1 heterocycles. The molecule has 0 unspecified atom stereocenters. The minimum Gasteiger partial charge on any atom is -0.347 e. The number of carbonyl (C=O) groups is 2. The second kappa shape index (κ2) is 14.0. The van der Waals surface area contributed by atoms with Crippen LogP contribution in [0.4, 0.5) is 11.4 Å². The van der Waals surface area contributed by atoms with Crippen molar-refractivity contribution in [1.82, 2.24) is 15.4 Å². The number of hydrazone groups is 2. The Bertz CT molecular complexity index is 1950. The van der Waals surface area contributed by atoms with E-state index in [4.69, 9.17) is 0 Å². The number of nitrogens with zero attached hydrogens (tertiary/aromatic N) is 3. The molecule has 2 amide bonds. The van der Waals surface area contributed by atoms with Gasteiger partial charge in [0.05, 0.1) is 24.9 Å². The van der Waals surface area contributed by atoms with Gasteiger partial charge in [-0.1, -0.05) is 24.3 Å². The molecular formula is C29H31N7O6S2. The summed E-state index contributed by atoms with van der Waals surface area (Å²) in [4.78, 5) is 24.9. The van der Waals surface area contributed by atoms with Crippen LogP contribution >= 0.6 is 0 Å². The Morgan fingerprint density at radius 1 is 0.773 bits per heavy atom. The Hall–Kier alpha value is -5.02. The lowest BCUT2D eigenvalue weighted by molar-refractivity contribution is -0.121. The summed E-state index contributed by atoms with van der Waals surface area (Å²) in [6.07, 6.45) is 7.64. The fourth-order valence-corrected chi connectivity index (χ4v) is 5.31. The Kier molecular flexibility index (Phi) is 10.1. The van der Waals surface area contributed by atoms with Gasteiger partial charge in [-0.15, -0.1) is 0 Å². The highest BCUT2D eigenvalue weighted by molar-refractivity contribution is 7.92. The van der Waals surface area contributed by atoms with Gasteiger partial charge in [0, 0.05) is 47.0 Å². The van der Waals surface area contributed by atoms with Crippen molar-refractivity contribution in [2.45, 2.75) is 19.4 Å². The summed E-state index contributed by atoms with van der Waals surface area (Å²) in [5.74, 6) is -0.669. The maximum Gasteiger partial charge on any atom is 0.271 e. The van der Waals surface area contributed by atoms with Gasteiger partial charge >= 0.3 is 0 Å². The van der Waals surface area contributed by atoms with Gasteiger partial charge in [0.25, 0.3) is 5.91 Å². The van der Waals surface area contributed by atoms with Gasteiger partial charge in [0.15, 0.2) is 0 Å². The van der Waals surface area contributed by atoms with E-state index in [9.17, 15) is 26.4 Å². The van der Waals surface area contributed by atoms with Crippen molar-refractivity contribution in [1.29, 1.82) is 0 Å². The van der Waals surface area contributed by atoms with Crippen molar-refractivity contribution in [2.75, 3.05) is 22.0 Å². The zero-order valence-electron chi connectivity index (χ0n) is 23.9. The molecule has 4 N–H and O–H groups in total. The fourth-order valence-electron chi connectivity index (χ4n) is 4.20. The van der Waals surface area contributed by atoms with E-state index in [2.05, 4.69) is 30.5 Å². The van der Waals surface area contributed by atoms with Gasteiger partial charge in [-0.3, -0.25) is 19.0 Å². The number of amides is 2. The van der Waals surface area contributed by atoms with Gasteiger partial charge in [0.1, 0.15) is 0 Å². The quantitative estimate of drug-likeness (QED) is 0.129. The number of hydrogen-bond donors (Lipinski definition) is 4. The zero-order valence-corrected chi connectivity index (χ0v) is 25.5. The fraction of sp³-hybridized carbons (Fsp3) is 0.172. The zero-order chi connectivity index (χ0) is 31.7. The standard InChI is InChI=1S/C29H31N7O6S2/c1-43(39,40)34-25-8-3-6-21(16-25)19-30-32-28(37)10-5-14-36-15-13-23-18-24(11-12-27(23)36)29(38)33-31-20-22-7-4-9-26(17-22)35-44(2,41)42/h3-4,6-9,11-13,15-20,34-35H,5,10,14H2,1-2H3,(H,32,37)(H,33,38)/b30-19+,31-20+. The van der Waals surface area contributed by atoms with E-state index in [1.54, 1.807) is 60.7 Å². The van der Waals surface area contributed by atoms with Crippen molar-refractivity contribution in [2.24, 2.45) is 10.2 Å². The number of rotatable bonds is 13. The molecule has 4 rings (SSSR count). The number of aryl methyl sites for hydroxylation is 1. The SMILES string of the molecule is CS(=O)(=O)Nc1cccc(/C=N/NC(=O)CCCn2ccc3cc(C(=O)N/N=C/c4cccc(NS(C)(=O)=O)c4)ccc32)c1. The van der Waals surface area contributed by atoms with Crippen LogP contribution in [-0.2, 0) is 31.4 Å². The Labute approximate surface area is 255 Å². The van der Waals surface area contributed by atoms with E-state index in [1.807, 2.05) is 22.9 Å². The smallest absolute Gasteiger partial charge is 0.271 e. The lowest BCUT2D eigenvalue weighted by Gasteiger charge is -2.06. The van der Waals surface area contributed by atoms with Gasteiger partial charge in [-0.25, -0.2) is 27.7 Å². The predicted molar refractivity (Wildman–Crippen MR) is 172 cm³/mol. The molecule has 44 heavy (non-hydrogen) atoms. The van der Waals surface area contributed by atoms with Gasteiger partial charge in [-0.2, -0.15) is 10.2 Å². The van der Waals surface area contributed by atoms with E-state index in [0.717, 1.165) is 23.4 Å². The Morgan fingerprint density at radius 2 is 1.36 bits per heavy atom. The minimum atomic E-state index is -3.41. The largest absolute Gasteiger partial charge is 0.347 e. The molecule has 0 spiro atoms. The Morgan fingerprint density at radius 3 is 1.95 bits per heavy atom. The summed E-state index contributed by atoms with van der Waals surface area (Å²) in [7, 11) is -6.81. The molecule has 0 radical (unpaired) electrons. The van der Waals surface area contributed by atoms with Gasteiger partial charge in [-0.05, 0) is 66.1 Å². The van der Waals surface area contributed by atoms with Crippen molar-refractivity contribution in [3.63, 3.8) is 0 Å². The van der Waals surface area contributed by atoms with Gasteiger partial charge in [0.2, 0.25) is 26.0 Å². The lowest BCUT2D eigenvalue weighted by Crippen LogP contribution is -2.18. The van der Waals surface area contributed by atoms with Crippen molar-refractivity contribution >= 4 is 66.6 Å². The molecule has 230 valence electrons. The second-order valence-corrected chi connectivity index (χ2v) is 13.4. The lowest BCUT2D eigenvalue weighted by atomic mass is 10.1. The van der Waals surface area contributed by atoms with Crippen LogP contribution in [0.25, 0.3) is 10.9 Å². The summed E-state index contributed by atoms with van der Waals surface area (Å²) >= 11 is 0. The van der Waals surface area contributed by atoms with Crippen LogP contribution in [0.5, 0.6) is 0 Å². The molecule has 3 aromatic carbocycles. The van der Waals surface area contributed by atoms with Crippen molar-refractivity contribution in [3.05, 3.63) is 95.7 Å². The van der Waals surface area contributed by atoms with E-state index in [1.165, 1.54) is 12.4 Å². The summed E-state index contributed by atoms with van der Waals surface area (Å²) in [6, 6.07) is 20.3. The number of fused-ring (bicyclic) bond motifs is 1. The van der Waals surface area contributed by atoms with Crippen LogP contribution < -0.4 is 20.3 Å². The van der Waals surface area contributed by atoms with Crippen LogP contribution in [-0.4, -0.2) is 58.2 Å². The van der Waals surface area contributed by atoms with E-state index < -0.39 is 26.0 Å². The number of carbonyl (C=O) groups excluding carboxylic acids is 2. The van der Waals surface area contributed by atoms with E-state index in [-0.39, 0.29) is 12.3 Å². The molecule has 0 bridgehead atoms. The number of anilines is 2. The first-order valence-corrected chi connectivity index (χ1v) is 17.0. The first-order chi connectivity index (χ1) is 20.8. The van der Waals surface area contributed by atoms with Crippen LogP contribution in [0.2, 0.25) is 0 Å². The summed E-state index contributed by atoms with van der Waals surface area (Å²) in [5.41, 5.74) is 8.26. The molecule has 0 saturated carbocycles. The molecular weight excluding hydrogens is 606 g/mol. The summed E-state index contributed by atoms with van der Waals surface area (Å²) in [5, 5.41) is 8.77. The minimum absolute atomic E-state index is 0.235. The third-order valence-corrected chi connectivity index (χ3v) is 7.21. The number of nitrogens with one attached hydrogen (secondary N) is 4. The third-order valence-electron chi connectivity index (χ3n) is 6.00. The summed E-state index contributed by atoms with van der Waals surface area (Å²) < 4.78 is 52.4. The monoisotopic (exact) mass is 637 g/mol. The maximum absolute atomic E-state index is 12.6. The predicted octanol–water partition coefficient (Wildman–Crippen LogP) is 3.08. The molecule has 1 aromatic heterocycles. The van der Waals surface area contributed by atoms with Crippen LogP contribution in [0, 0.1) is 0 Å². The van der Waals surface area contributed by atoms with Crippen molar-refractivity contribution < 1.29 is 26.4 Å². The van der Waals surface area contributed by atoms with Crippen LogP contribution in [0.15, 0.2) is 89.2 Å². The molecule has 0 saturated heterocycles. The summed E-state index contributed by atoms with van der Waals surface area (Å²) in [6.45, 7) is 0.572. The van der Waals surface area contributed by atoms with Crippen molar-refractivity contribution in [3.8, 4) is 0 Å². The second-order valence-electron chi connectivity index (χ2n) is 9.88. The highest BCUT2D eigenvalue weighted by Gasteiger charge is 2.09. The number of hydrogen-bond acceptors (Lipinski definition) is 8. The molecule has 0 atom stereocenters. The number of benzene rings is 3. The Balaban J connectivity index is 1.26. The molecule has 13 nitrogen and oxygen atoms in total. The highest BCUT2D eigenvalue weighted by Crippen LogP contribution is 2.19. The number of aromatic nitrogens is 1.